The highest BCUT2D eigenvalue weighted by Gasteiger charge is 2.16. The second-order valence-corrected chi connectivity index (χ2v) is 5.05. The summed E-state index contributed by atoms with van der Waals surface area (Å²) in [5.74, 6) is -0.454. The SMILES string of the molecule is CCn1c(SCC(=O)c2cc(F)ccc2OC)n[nH]c1=O. The lowest BCUT2D eigenvalue weighted by Crippen LogP contribution is -2.16. The average molecular weight is 311 g/mol. The molecule has 0 amide bonds. The molecule has 0 aliphatic rings. The summed E-state index contributed by atoms with van der Waals surface area (Å²) >= 11 is 1.11. The fraction of sp³-hybridized carbons (Fsp3) is 0.308. The second kappa shape index (κ2) is 6.57. The zero-order valence-electron chi connectivity index (χ0n) is 11.6. The Balaban J connectivity index is 2.15. The summed E-state index contributed by atoms with van der Waals surface area (Å²) in [4.78, 5) is 23.6. The quantitative estimate of drug-likeness (QED) is 0.649. The van der Waals surface area contributed by atoms with Crippen molar-refractivity contribution in [3.63, 3.8) is 0 Å². The van der Waals surface area contributed by atoms with E-state index in [-0.39, 0.29) is 22.8 Å². The molecule has 21 heavy (non-hydrogen) atoms. The van der Waals surface area contributed by atoms with E-state index in [0.29, 0.717) is 17.5 Å². The summed E-state index contributed by atoms with van der Waals surface area (Å²) in [6.07, 6.45) is 0. The van der Waals surface area contributed by atoms with Crippen LogP contribution in [-0.4, -0.2) is 33.4 Å². The monoisotopic (exact) mass is 311 g/mol. The van der Waals surface area contributed by atoms with Crippen molar-refractivity contribution in [2.75, 3.05) is 12.9 Å². The van der Waals surface area contributed by atoms with Gasteiger partial charge in [-0.15, -0.1) is 5.10 Å². The van der Waals surface area contributed by atoms with Gasteiger partial charge in [0.25, 0.3) is 0 Å². The van der Waals surface area contributed by atoms with Gasteiger partial charge in [0.1, 0.15) is 11.6 Å². The highest BCUT2D eigenvalue weighted by molar-refractivity contribution is 7.99. The number of carbonyl (C=O) groups excluding carboxylic acids is 1. The van der Waals surface area contributed by atoms with Crippen molar-refractivity contribution in [2.45, 2.75) is 18.6 Å². The van der Waals surface area contributed by atoms with Crippen LogP contribution in [0.2, 0.25) is 0 Å². The largest absolute Gasteiger partial charge is 0.496 e. The van der Waals surface area contributed by atoms with Gasteiger partial charge in [-0.3, -0.25) is 9.36 Å². The third-order valence-electron chi connectivity index (χ3n) is 2.83. The number of Topliss-reactive ketones (excluding diaryl/α,β-unsaturated/α-hetero) is 1. The van der Waals surface area contributed by atoms with Crippen molar-refractivity contribution < 1.29 is 13.9 Å². The summed E-state index contributed by atoms with van der Waals surface area (Å²) in [6.45, 7) is 2.26. The number of thioether (sulfide) groups is 1. The van der Waals surface area contributed by atoms with E-state index < -0.39 is 5.82 Å². The first-order valence-corrected chi connectivity index (χ1v) is 7.20. The van der Waals surface area contributed by atoms with Crippen molar-refractivity contribution in [1.82, 2.24) is 14.8 Å². The number of aromatic amines is 1. The molecule has 0 radical (unpaired) electrons. The molecule has 0 atom stereocenters. The topological polar surface area (TPSA) is 77.0 Å². The summed E-state index contributed by atoms with van der Waals surface area (Å²) in [6, 6.07) is 3.77. The first kappa shape index (κ1) is 15.3. The molecule has 0 spiro atoms. The van der Waals surface area contributed by atoms with Gasteiger partial charge in [-0.25, -0.2) is 14.3 Å². The molecule has 0 aliphatic carbocycles. The summed E-state index contributed by atoms with van der Waals surface area (Å²) in [5, 5.41) is 6.59. The number of hydrogen-bond acceptors (Lipinski definition) is 5. The van der Waals surface area contributed by atoms with Gasteiger partial charge < -0.3 is 4.74 Å². The van der Waals surface area contributed by atoms with Gasteiger partial charge in [0.05, 0.1) is 18.4 Å². The minimum atomic E-state index is -0.505. The van der Waals surface area contributed by atoms with Crippen LogP contribution < -0.4 is 10.4 Å². The minimum Gasteiger partial charge on any atom is -0.496 e. The number of carbonyl (C=O) groups is 1. The molecule has 0 fully saturated rings. The van der Waals surface area contributed by atoms with E-state index in [9.17, 15) is 14.0 Å². The molecule has 1 aromatic heterocycles. The lowest BCUT2D eigenvalue weighted by atomic mass is 10.1. The number of ether oxygens (including phenoxy) is 1. The van der Waals surface area contributed by atoms with Crippen molar-refractivity contribution in [2.24, 2.45) is 0 Å². The highest BCUT2D eigenvalue weighted by Crippen LogP contribution is 2.23. The number of nitrogens with one attached hydrogen (secondary N) is 1. The Labute approximate surface area is 124 Å². The zero-order chi connectivity index (χ0) is 15.4. The molecule has 1 heterocycles. The molecule has 2 rings (SSSR count). The Kier molecular flexibility index (Phi) is 4.79. The first-order chi connectivity index (χ1) is 10.1. The number of H-pyrrole nitrogens is 1. The van der Waals surface area contributed by atoms with Crippen LogP contribution in [0.3, 0.4) is 0 Å². The molecule has 1 aromatic carbocycles. The Bertz CT molecular complexity index is 711. The molecule has 0 bridgehead atoms. The van der Waals surface area contributed by atoms with Gasteiger partial charge in [0, 0.05) is 6.54 Å². The zero-order valence-corrected chi connectivity index (χ0v) is 12.4. The van der Waals surface area contributed by atoms with E-state index in [1.165, 1.54) is 23.8 Å². The fourth-order valence-corrected chi connectivity index (χ4v) is 2.69. The Hall–Kier alpha value is -2.09. The van der Waals surface area contributed by atoms with E-state index in [1.54, 1.807) is 6.92 Å². The normalized spacial score (nSPS) is 10.6. The van der Waals surface area contributed by atoms with Gasteiger partial charge in [-0.2, -0.15) is 0 Å². The molecule has 0 saturated heterocycles. The average Bonchev–Trinajstić information content (AvgIpc) is 2.84. The summed E-state index contributed by atoms with van der Waals surface area (Å²) < 4.78 is 19.7. The highest BCUT2D eigenvalue weighted by atomic mass is 32.2. The van der Waals surface area contributed by atoms with Crippen LogP contribution in [0.5, 0.6) is 5.75 Å². The molecular weight excluding hydrogens is 297 g/mol. The molecule has 1 N–H and O–H groups in total. The number of ketones is 1. The van der Waals surface area contributed by atoms with Crippen LogP contribution in [0.1, 0.15) is 17.3 Å². The van der Waals surface area contributed by atoms with Crippen LogP contribution in [-0.2, 0) is 6.54 Å². The molecule has 112 valence electrons. The minimum absolute atomic E-state index is 0.0319. The van der Waals surface area contributed by atoms with Crippen LogP contribution in [0.4, 0.5) is 4.39 Å². The van der Waals surface area contributed by atoms with Crippen LogP contribution in [0.15, 0.2) is 28.2 Å². The predicted octanol–water partition coefficient (Wildman–Crippen LogP) is 1.71. The molecule has 6 nitrogen and oxygen atoms in total. The lowest BCUT2D eigenvalue weighted by molar-refractivity contribution is 0.101. The van der Waals surface area contributed by atoms with Crippen LogP contribution in [0.25, 0.3) is 0 Å². The Morgan fingerprint density at radius 3 is 2.95 bits per heavy atom. The number of methoxy groups -OCH3 is 1. The van der Waals surface area contributed by atoms with Crippen molar-refractivity contribution in [3.8, 4) is 5.75 Å². The summed E-state index contributed by atoms with van der Waals surface area (Å²) in [5.41, 5.74) is -0.151. The lowest BCUT2D eigenvalue weighted by Gasteiger charge is -2.07. The van der Waals surface area contributed by atoms with Gasteiger partial charge in [-0.05, 0) is 25.1 Å². The molecular formula is C13H14FN3O3S. The van der Waals surface area contributed by atoms with E-state index in [4.69, 9.17) is 4.74 Å². The van der Waals surface area contributed by atoms with Crippen molar-refractivity contribution in [3.05, 3.63) is 40.1 Å². The van der Waals surface area contributed by atoms with Gasteiger partial charge in [0.15, 0.2) is 10.9 Å². The summed E-state index contributed by atoms with van der Waals surface area (Å²) in [7, 11) is 1.42. The third kappa shape index (κ3) is 3.33. The number of nitrogens with zero attached hydrogens (tertiary/aromatic N) is 2. The second-order valence-electron chi connectivity index (χ2n) is 4.11. The maximum absolute atomic E-state index is 13.3. The van der Waals surface area contributed by atoms with Crippen molar-refractivity contribution >= 4 is 17.5 Å². The third-order valence-corrected chi connectivity index (χ3v) is 3.81. The molecule has 8 heteroatoms. The maximum Gasteiger partial charge on any atom is 0.343 e. The standard InChI is InChI=1S/C13H14FN3O3S/c1-3-17-12(19)15-16-13(17)21-7-10(18)9-6-8(14)4-5-11(9)20-2/h4-6H,3,7H2,1-2H3,(H,15,19). The Morgan fingerprint density at radius 2 is 2.29 bits per heavy atom. The number of halogens is 1. The van der Waals surface area contributed by atoms with E-state index in [2.05, 4.69) is 10.2 Å². The van der Waals surface area contributed by atoms with Gasteiger partial charge in [-0.1, -0.05) is 11.8 Å². The molecule has 2 aromatic rings. The van der Waals surface area contributed by atoms with E-state index in [1.807, 2.05) is 0 Å². The number of benzene rings is 1. The van der Waals surface area contributed by atoms with Crippen molar-refractivity contribution in [1.29, 1.82) is 0 Å². The van der Waals surface area contributed by atoms with Gasteiger partial charge >= 0.3 is 5.69 Å². The first-order valence-electron chi connectivity index (χ1n) is 6.21. The molecule has 0 saturated carbocycles. The molecule has 0 aliphatic heterocycles. The molecule has 0 unspecified atom stereocenters. The number of aromatic nitrogens is 3. The maximum atomic E-state index is 13.3. The Morgan fingerprint density at radius 1 is 1.52 bits per heavy atom. The van der Waals surface area contributed by atoms with E-state index >= 15 is 0 Å². The number of rotatable bonds is 6. The predicted molar refractivity (Wildman–Crippen MR) is 76.5 cm³/mol. The number of hydrogen-bond donors (Lipinski definition) is 1. The smallest absolute Gasteiger partial charge is 0.343 e. The van der Waals surface area contributed by atoms with Crippen LogP contribution >= 0.6 is 11.8 Å². The van der Waals surface area contributed by atoms with E-state index in [0.717, 1.165) is 17.8 Å². The van der Waals surface area contributed by atoms with Gasteiger partial charge in [0.2, 0.25) is 0 Å². The van der Waals surface area contributed by atoms with Crippen LogP contribution in [0, 0.1) is 5.82 Å². The fourth-order valence-electron chi connectivity index (χ4n) is 1.80.